The third-order valence-corrected chi connectivity index (χ3v) is 1.25. The Labute approximate surface area is 60.2 Å². The Morgan fingerprint density at radius 1 is 1.67 bits per heavy atom. The normalized spacial score (nSPS) is 9.78. The Hall–Kier alpha value is -0.180. The molecule has 0 spiro atoms. The van der Waals surface area contributed by atoms with Gasteiger partial charge in [-0.25, -0.2) is 0 Å². The van der Waals surface area contributed by atoms with Gasteiger partial charge in [0.2, 0.25) is 0 Å². The summed E-state index contributed by atoms with van der Waals surface area (Å²) in [6.07, 6.45) is 0. The fraction of sp³-hybridized carbons (Fsp3) is 0.833. The summed E-state index contributed by atoms with van der Waals surface area (Å²) in [5, 5.41) is 0. The van der Waals surface area contributed by atoms with Crippen molar-refractivity contribution in [3.05, 3.63) is 0 Å². The van der Waals surface area contributed by atoms with Crippen LogP contribution in [-0.2, 0) is 8.98 Å². The molecule has 0 saturated carbocycles. The van der Waals surface area contributed by atoms with E-state index in [1.54, 1.807) is 0 Å². The zero-order chi connectivity index (χ0) is 7.28. The van der Waals surface area contributed by atoms with Gasteiger partial charge in [0.1, 0.15) is 0 Å². The zero-order valence-electron chi connectivity index (χ0n) is 6.01. The summed E-state index contributed by atoms with van der Waals surface area (Å²) < 4.78 is 4.73. The highest BCUT2D eigenvalue weighted by Gasteiger charge is 2.06. The van der Waals surface area contributed by atoms with Gasteiger partial charge in [-0.1, -0.05) is 20.8 Å². The van der Waals surface area contributed by atoms with E-state index in [0.29, 0.717) is 0 Å². The van der Waals surface area contributed by atoms with Crippen LogP contribution in [0.2, 0.25) is 0 Å². The molecular weight excluding hydrogens is 136 g/mol. The van der Waals surface area contributed by atoms with Gasteiger partial charge in [-0.3, -0.25) is 4.79 Å². The highest BCUT2D eigenvalue weighted by Crippen LogP contribution is 2.06. The third kappa shape index (κ3) is 4.33. The molecule has 0 aliphatic carbocycles. The van der Waals surface area contributed by atoms with Crippen molar-refractivity contribution in [2.45, 2.75) is 20.8 Å². The molecule has 0 saturated heterocycles. The molecule has 9 heavy (non-hydrogen) atoms. The number of hydrogen-bond acceptors (Lipinski definition) is 3. The summed E-state index contributed by atoms with van der Waals surface area (Å²) in [7, 11) is 0. The topological polar surface area (TPSA) is 26.3 Å². The highest BCUT2D eigenvalue weighted by atomic mass is 32.2. The van der Waals surface area contributed by atoms with Crippen LogP contribution in [0.15, 0.2) is 0 Å². The molecule has 0 radical (unpaired) electrons. The average Bonchev–Trinajstić information content (AvgIpc) is 1.82. The van der Waals surface area contributed by atoms with Crippen LogP contribution in [0.3, 0.4) is 0 Å². The van der Waals surface area contributed by atoms with Crippen molar-refractivity contribution in [3.8, 4) is 0 Å². The van der Waals surface area contributed by atoms with Gasteiger partial charge in [0.25, 0.3) is 0 Å². The fourth-order valence-corrected chi connectivity index (χ4v) is 0.640. The van der Waals surface area contributed by atoms with E-state index in [2.05, 4.69) is 0 Å². The fourth-order valence-electron chi connectivity index (χ4n) is 0.213. The second-order valence-electron chi connectivity index (χ2n) is 1.96. The second-order valence-corrected chi connectivity index (χ2v) is 2.94. The molecule has 0 fully saturated rings. The van der Waals surface area contributed by atoms with Gasteiger partial charge in [-0.15, -0.1) is 0 Å². The number of rotatable bonds is 3. The van der Waals surface area contributed by atoms with Crippen LogP contribution in [0.25, 0.3) is 0 Å². The molecule has 0 amide bonds. The van der Waals surface area contributed by atoms with Crippen LogP contribution in [0.4, 0.5) is 0 Å². The minimum Gasteiger partial charge on any atom is -0.391 e. The number of hydrogen-bond donors (Lipinski definition) is 0. The first-order valence-corrected chi connectivity index (χ1v) is 3.92. The first-order valence-electron chi connectivity index (χ1n) is 3.01. The Kier molecular flexibility index (Phi) is 4.58. The third-order valence-electron chi connectivity index (χ3n) is 0.730. The van der Waals surface area contributed by atoms with Gasteiger partial charge in [0.15, 0.2) is 0 Å². The minimum atomic E-state index is -0.137. The lowest BCUT2D eigenvalue weighted by atomic mass is 10.2. The Bertz CT molecular complexity index is 91.1. The van der Waals surface area contributed by atoms with Crippen LogP contribution in [0.1, 0.15) is 20.8 Å². The van der Waals surface area contributed by atoms with Crippen LogP contribution in [0.5, 0.6) is 0 Å². The Morgan fingerprint density at radius 2 is 2.22 bits per heavy atom. The molecule has 0 aromatic carbocycles. The van der Waals surface area contributed by atoms with E-state index in [1.165, 1.54) is 12.0 Å². The molecule has 0 bridgehead atoms. The molecule has 0 rings (SSSR count). The molecule has 0 aromatic rings. The smallest absolute Gasteiger partial charge is 0.320 e. The molecule has 0 heterocycles. The van der Waals surface area contributed by atoms with Crippen LogP contribution >= 0.6 is 12.0 Å². The van der Waals surface area contributed by atoms with E-state index in [4.69, 9.17) is 4.18 Å². The molecule has 3 heteroatoms. The van der Waals surface area contributed by atoms with E-state index in [-0.39, 0.29) is 11.9 Å². The zero-order valence-corrected chi connectivity index (χ0v) is 6.83. The quantitative estimate of drug-likeness (QED) is 0.571. The molecule has 0 aromatic heterocycles. The van der Waals surface area contributed by atoms with E-state index in [0.717, 1.165) is 5.75 Å². The van der Waals surface area contributed by atoms with Crippen molar-refractivity contribution in [1.29, 1.82) is 0 Å². The van der Waals surface area contributed by atoms with Crippen molar-refractivity contribution >= 4 is 18.0 Å². The SMILES string of the molecule is CCSOC(=O)C(C)C. The molecule has 0 N–H and O–H groups in total. The standard InChI is InChI=1S/C6H12O2S/c1-4-9-8-6(7)5(2)3/h5H,4H2,1-3H3. The van der Waals surface area contributed by atoms with E-state index < -0.39 is 0 Å². The number of carbonyl (C=O) groups excluding carboxylic acids is 1. The summed E-state index contributed by atoms with van der Waals surface area (Å²) in [6, 6.07) is 0. The Morgan fingerprint density at radius 3 is 2.56 bits per heavy atom. The van der Waals surface area contributed by atoms with Crippen molar-refractivity contribution < 1.29 is 8.98 Å². The van der Waals surface area contributed by atoms with Crippen LogP contribution in [-0.4, -0.2) is 11.7 Å². The van der Waals surface area contributed by atoms with E-state index in [9.17, 15) is 4.79 Å². The van der Waals surface area contributed by atoms with Crippen LogP contribution < -0.4 is 0 Å². The molecule has 0 aliphatic heterocycles. The second kappa shape index (κ2) is 4.68. The molecular formula is C6H12O2S. The first kappa shape index (κ1) is 8.82. The highest BCUT2D eigenvalue weighted by molar-refractivity contribution is 7.95. The van der Waals surface area contributed by atoms with Gasteiger partial charge in [-0.2, -0.15) is 0 Å². The van der Waals surface area contributed by atoms with Gasteiger partial charge < -0.3 is 4.18 Å². The maximum atomic E-state index is 10.7. The largest absolute Gasteiger partial charge is 0.391 e. The summed E-state index contributed by atoms with van der Waals surface area (Å²) in [6.45, 7) is 5.58. The van der Waals surface area contributed by atoms with Crippen molar-refractivity contribution in [1.82, 2.24) is 0 Å². The minimum absolute atomic E-state index is 0.0101. The van der Waals surface area contributed by atoms with Gasteiger partial charge in [0, 0.05) is 5.75 Å². The molecule has 0 unspecified atom stereocenters. The summed E-state index contributed by atoms with van der Waals surface area (Å²) in [5.74, 6) is 0.671. The molecule has 0 atom stereocenters. The lowest BCUT2D eigenvalue weighted by Crippen LogP contribution is -2.07. The van der Waals surface area contributed by atoms with Crippen LogP contribution in [0, 0.1) is 5.92 Å². The molecule has 0 aliphatic rings. The summed E-state index contributed by atoms with van der Waals surface area (Å²) >= 11 is 1.19. The predicted molar refractivity (Wildman–Crippen MR) is 39.1 cm³/mol. The number of carbonyl (C=O) groups is 1. The van der Waals surface area contributed by atoms with Crippen molar-refractivity contribution in [2.75, 3.05) is 5.75 Å². The van der Waals surface area contributed by atoms with E-state index >= 15 is 0 Å². The van der Waals surface area contributed by atoms with Crippen molar-refractivity contribution in [2.24, 2.45) is 5.92 Å². The molecule has 54 valence electrons. The summed E-state index contributed by atoms with van der Waals surface area (Å²) in [5.41, 5.74) is 0. The van der Waals surface area contributed by atoms with Gasteiger partial charge in [0.05, 0.1) is 18.0 Å². The lowest BCUT2D eigenvalue weighted by Gasteiger charge is -2.01. The predicted octanol–water partition coefficient (Wildman–Crippen LogP) is 1.85. The monoisotopic (exact) mass is 148 g/mol. The first-order chi connectivity index (χ1) is 4.18. The maximum Gasteiger partial charge on any atom is 0.320 e. The van der Waals surface area contributed by atoms with Gasteiger partial charge in [-0.05, 0) is 0 Å². The lowest BCUT2D eigenvalue weighted by molar-refractivity contribution is -0.136. The average molecular weight is 148 g/mol. The van der Waals surface area contributed by atoms with Crippen molar-refractivity contribution in [3.63, 3.8) is 0 Å². The summed E-state index contributed by atoms with van der Waals surface area (Å²) in [4.78, 5) is 10.7. The maximum absolute atomic E-state index is 10.7. The Balaban J connectivity index is 3.28. The van der Waals surface area contributed by atoms with Gasteiger partial charge >= 0.3 is 5.97 Å². The molecule has 2 nitrogen and oxygen atoms in total. The van der Waals surface area contributed by atoms with E-state index in [1.807, 2.05) is 20.8 Å².